The van der Waals surface area contributed by atoms with Crippen LogP contribution in [0.25, 0.3) is 44.5 Å². The first-order valence-corrected chi connectivity index (χ1v) is 20.5. The Morgan fingerprint density at radius 3 is 1.85 bits per heavy atom. The Labute approximate surface area is 325 Å². The van der Waals surface area contributed by atoms with Gasteiger partial charge in [0.05, 0.1) is 5.69 Å². The molecule has 5 unspecified atom stereocenters. The van der Waals surface area contributed by atoms with Gasteiger partial charge < -0.3 is 4.90 Å². The van der Waals surface area contributed by atoms with Crippen LogP contribution in [0.15, 0.2) is 164 Å². The SMILES string of the molecule is CC1(C)c2ccccc2-c2ccc(N(c3ccc(-c4ccc5c(c4)C4(c6ccccc6-5)C5CC6CC(C5)C4C6)cc3)c3ccccc3-c3ccccc3)cc21. The molecule has 4 fully saturated rings. The molecule has 7 aromatic carbocycles. The molecule has 13 rings (SSSR count). The van der Waals surface area contributed by atoms with Gasteiger partial charge in [0.1, 0.15) is 0 Å². The third-order valence-corrected chi connectivity index (χ3v) is 14.9. The zero-order chi connectivity index (χ0) is 36.5. The molecule has 55 heavy (non-hydrogen) atoms. The van der Waals surface area contributed by atoms with Gasteiger partial charge in [0.15, 0.2) is 0 Å². The highest BCUT2D eigenvalue weighted by Gasteiger charge is 2.65. The predicted molar refractivity (Wildman–Crippen MR) is 228 cm³/mol. The van der Waals surface area contributed by atoms with Crippen LogP contribution in [-0.4, -0.2) is 0 Å². The van der Waals surface area contributed by atoms with Crippen molar-refractivity contribution in [3.05, 3.63) is 186 Å². The molecule has 266 valence electrons. The molecular formula is C54H45N. The molecule has 4 bridgehead atoms. The lowest BCUT2D eigenvalue weighted by Crippen LogP contribution is -2.40. The van der Waals surface area contributed by atoms with Crippen LogP contribution in [0.3, 0.4) is 0 Å². The van der Waals surface area contributed by atoms with E-state index in [1.807, 2.05) is 0 Å². The molecule has 1 nitrogen and oxygen atoms in total. The Bertz CT molecular complexity index is 2660. The van der Waals surface area contributed by atoms with E-state index in [0.29, 0.717) is 0 Å². The second kappa shape index (κ2) is 11.4. The zero-order valence-corrected chi connectivity index (χ0v) is 31.7. The number of para-hydroxylation sites is 1. The van der Waals surface area contributed by atoms with Gasteiger partial charge in [-0.15, -0.1) is 0 Å². The second-order valence-electron chi connectivity index (χ2n) is 17.7. The minimum absolute atomic E-state index is 0.0841. The Balaban J connectivity index is 0.985. The molecule has 6 aliphatic carbocycles. The van der Waals surface area contributed by atoms with E-state index in [2.05, 4.69) is 183 Å². The van der Waals surface area contributed by atoms with E-state index < -0.39 is 0 Å². The summed E-state index contributed by atoms with van der Waals surface area (Å²) in [4.78, 5) is 2.48. The molecule has 0 heterocycles. The molecule has 6 aliphatic rings. The van der Waals surface area contributed by atoms with E-state index in [-0.39, 0.29) is 10.8 Å². The van der Waals surface area contributed by atoms with Crippen molar-refractivity contribution in [3.63, 3.8) is 0 Å². The molecule has 0 amide bonds. The quantitative estimate of drug-likeness (QED) is 0.172. The van der Waals surface area contributed by atoms with E-state index in [4.69, 9.17) is 0 Å². The number of nitrogens with zero attached hydrogens (tertiary/aromatic N) is 1. The summed E-state index contributed by atoms with van der Waals surface area (Å²) in [5.41, 5.74) is 20.4. The fraction of sp³-hybridized carbons (Fsp3) is 0.222. The van der Waals surface area contributed by atoms with Crippen molar-refractivity contribution in [1.29, 1.82) is 0 Å². The first kappa shape index (κ1) is 31.7. The van der Waals surface area contributed by atoms with Gasteiger partial charge in [-0.3, -0.25) is 0 Å². The summed E-state index contributed by atoms with van der Waals surface area (Å²) in [5.74, 6) is 3.42. The van der Waals surface area contributed by atoms with Gasteiger partial charge in [-0.2, -0.15) is 0 Å². The van der Waals surface area contributed by atoms with Crippen molar-refractivity contribution in [2.45, 2.75) is 50.4 Å². The summed E-state index contributed by atoms with van der Waals surface area (Å²) in [6.07, 6.45) is 5.70. The molecule has 1 heteroatoms. The summed E-state index contributed by atoms with van der Waals surface area (Å²) in [5, 5.41) is 0. The van der Waals surface area contributed by atoms with E-state index >= 15 is 0 Å². The highest BCUT2D eigenvalue weighted by molar-refractivity contribution is 5.91. The van der Waals surface area contributed by atoms with Gasteiger partial charge >= 0.3 is 0 Å². The summed E-state index contributed by atoms with van der Waals surface area (Å²) in [7, 11) is 0. The number of fused-ring (bicyclic) bond motifs is 6. The molecule has 4 saturated carbocycles. The van der Waals surface area contributed by atoms with Gasteiger partial charge in [-0.05, 0) is 147 Å². The maximum atomic E-state index is 2.61. The minimum atomic E-state index is -0.0841. The van der Waals surface area contributed by atoms with Crippen molar-refractivity contribution < 1.29 is 0 Å². The van der Waals surface area contributed by atoms with Crippen LogP contribution >= 0.6 is 0 Å². The van der Waals surface area contributed by atoms with Crippen LogP contribution in [0.1, 0.15) is 61.8 Å². The maximum absolute atomic E-state index is 2.61. The van der Waals surface area contributed by atoms with Crippen LogP contribution in [0.2, 0.25) is 0 Å². The summed E-state index contributed by atoms with van der Waals surface area (Å²) in [6.45, 7) is 4.75. The van der Waals surface area contributed by atoms with Gasteiger partial charge in [0.2, 0.25) is 0 Å². The van der Waals surface area contributed by atoms with Gasteiger partial charge in [-0.1, -0.05) is 141 Å². The standard InChI is InChI=1S/C54H45N/c1-53(2)47-17-9-6-15-43(47)45-27-25-41(33-50(45)53)55(52-19-11-8-14-42(52)36-12-4-3-5-13-36)40-23-20-35(21-24-40)37-22-26-46-44-16-7-10-18-48(44)54(51(46)32-37)39-29-34-28-38(31-39)49(54)30-34/h3-27,32-34,38-39,49H,28-31H2,1-2H3. The lowest BCUT2D eigenvalue weighted by molar-refractivity contribution is 0.191. The molecule has 0 N–H and O–H groups in total. The number of hydrogen-bond donors (Lipinski definition) is 0. The van der Waals surface area contributed by atoms with Crippen LogP contribution in [0, 0.1) is 23.7 Å². The molecule has 0 aliphatic heterocycles. The van der Waals surface area contributed by atoms with Crippen molar-refractivity contribution in [2.75, 3.05) is 4.90 Å². The highest BCUT2D eigenvalue weighted by Crippen LogP contribution is 2.73. The molecule has 0 radical (unpaired) electrons. The number of anilines is 3. The molecule has 0 saturated heterocycles. The Hall–Kier alpha value is -5.66. The smallest absolute Gasteiger partial charge is 0.0540 e. The van der Waals surface area contributed by atoms with E-state index in [0.717, 1.165) is 29.4 Å². The minimum Gasteiger partial charge on any atom is -0.310 e. The molecule has 5 atom stereocenters. The molecule has 0 aromatic heterocycles. The van der Waals surface area contributed by atoms with Crippen LogP contribution in [0.4, 0.5) is 17.1 Å². The topological polar surface area (TPSA) is 3.24 Å². The van der Waals surface area contributed by atoms with Crippen LogP contribution in [0.5, 0.6) is 0 Å². The number of benzene rings is 7. The maximum Gasteiger partial charge on any atom is 0.0540 e. The van der Waals surface area contributed by atoms with Crippen molar-refractivity contribution >= 4 is 17.1 Å². The van der Waals surface area contributed by atoms with Gasteiger partial charge in [-0.25, -0.2) is 0 Å². The van der Waals surface area contributed by atoms with E-state index in [1.165, 1.54) is 92.7 Å². The first-order chi connectivity index (χ1) is 27.0. The Morgan fingerprint density at radius 2 is 1.05 bits per heavy atom. The van der Waals surface area contributed by atoms with Crippen LogP contribution < -0.4 is 4.90 Å². The monoisotopic (exact) mass is 707 g/mol. The lowest BCUT2D eigenvalue weighted by Gasteiger charge is -2.44. The largest absolute Gasteiger partial charge is 0.310 e. The first-order valence-electron chi connectivity index (χ1n) is 20.5. The normalized spacial score (nSPS) is 24.1. The summed E-state index contributed by atoms with van der Waals surface area (Å²) < 4.78 is 0. The van der Waals surface area contributed by atoms with E-state index in [1.54, 1.807) is 11.1 Å². The summed E-state index contributed by atoms with van der Waals surface area (Å²) >= 11 is 0. The molecular weight excluding hydrogens is 663 g/mol. The number of hydrogen-bond acceptors (Lipinski definition) is 1. The Morgan fingerprint density at radius 1 is 0.436 bits per heavy atom. The van der Waals surface area contributed by atoms with Gasteiger partial charge in [0.25, 0.3) is 0 Å². The summed E-state index contributed by atoms with van der Waals surface area (Å²) in [6, 6.07) is 62.1. The fourth-order valence-corrected chi connectivity index (χ4v) is 12.7. The van der Waals surface area contributed by atoms with Gasteiger partial charge in [0, 0.05) is 27.8 Å². The average molecular weight is 708 g/mol. The van der Waals surface area contributed by atoms with E-state index in [9.17, 15) is 0 Å². The lowest BCUT2D eigenvalue weighted by atomic mass is 9.59. The number of rotatable bonds is 5. The molecule has 1 spiro atoms. The zero-order valence-electron chi connectivity index (χ0n) is 31.7. The average Bonchev–Trinajstić information content (AvgIpc) is 3.85. The second-order valence-corrected chi connectivity index (χ2v) is 17.7. The predicted octanol–water partition coefficient (Wildman–Crippen LogP) is 14.1. The Kier molecular flexibility index (Phi) is 6.58. The van der Waals surface area contributed by atoms with Crippen molar-refractivity contribution in [2.24, 2.45) is 23.7 Å². The van der Waals surface area contributed by atoms with Crippen molar-refractivity contribution in [3.8, 4) is 44.5 Å². The third kappa shape index (κ3) is 4.30. The molecule has 7 aromatic rings. The third-order valence-electron chi connectivity index (χ3n) is 14.9. The highest BCUT2D eigenvalue weighted by atomic mass is 15.1. The van der Waals surface area contributed by atoms with Crippen molar-refractivity contribution in [1.82, 2.24) is 0 Å². The fourth-order valence-electron chi connectivity index (χ4n) is 12.7. The van der Waals surface area contributed by atoms with Crippen LogP contribution in [-0.2, 0) is 10.8 Å².